The van der Waals surface area contributed by atoms with E-state index in [0.717, 1.165) is 21.8 Å². The van der Waals surface area contributed by atoms with Crippen LogP contribution in [0.1, 0.15) is 0 Å². The van der Waals surface area contributed by atoms with Crippen LogP contribution in [0.15, 0.2) is 73.1 Å². The monoisotopic (exact) mass is 280 g/mol. The van der Waals surface area contributed by atoms with Crippen LogP contribution in [0, 0.1) is 0 Å². The van der Waals surface area contributed by atoms with Crippen LogP contribution in [0.3, 0.4) is 0 Å². The Labute approximate surface area is 127 Å². The topological polar surface area (TPSA) is 25.8 Å². The molecular weight excluding hydrogens is 268 g/mol. The van der Waals surface area contributed by atoms with E-state index in [0.29, 0.717) is 0 Å². The lowest BCUT2D eigenvalue weighted by atomic mass is 10.0. The molecule has 0 aliphatic rings. The Morgan fingerprint density at radius 2 is 1.50 bits per heavy atom. The van der Waals surface area contributed by atoms with Crippen LogP contribution in [-0.4, -0.2) is 9.97 Å². The Kier molecular flexibility index (Phi) is 2.25. The molecule has 3 aromatic carbocycles. The number of nitrogens with zero attached hydrogens (tertiary/aromatic N) is 2. The lowest BCUT2D eigenvalue weighted by molar-refractivity contribution is 1.36. The average molecular weight is 280 g/mol. The molecule has 0 unspecified atom stereocenters. The van der Waals surface area contributed by atoms with E-state index < -0.39 is 0 Å². The summed E-state index contributed by atoms with van der Waals surface area (Å²) in [6, 6.07) is 21.2. The maximum atomic E-state index is 4.93. The van der Waals surface area contributed by atoms with E-state index in [4.69, 9.17) is 4.98 Å². The molecule has 0 saturated heterocycles. The number of hydrogen-bond donors (Lipinski definition) is 0. The van der Waals surface area contributed by atoms with Crippen molar-refractivity contribution in [2.45, 2.75) is 0 Å². The van der Waals surface area contributed by atoms with Gasteiger partial charge in [0.1, 0.15) is 0 Å². The summed E-state index contributed by atoms with van der Waals surface area (Å²) in [5.74, 6) is 0. The number of aromatic nitrogens is 2. The molecular formula is C20H12N2. The second-order valence-corrected chi connectivity index (χ2v) is 5.58. The maximum Gasteiger partial charge on any atom is 0.0789 e. The molecule has 5 rings (SSSR count). The molecule has 2 nitrogen and oxygen atoms in total. The third-order valence-electron chi connectivity index (χ3n) is 4.30. The quantitative estimate of drug-likeness (QED) is 0.292. The average Bonchev–Trinajstić information content (AvgIpc) is 2.60. The van der Waals surface area contributed by atoms with E-state index in [2.05, 4.69) is 59.6 Å². The van der Waals surface area contributed by atoms with Crippen LogP contribution < -0.4 is 0 Å². The zero-order valence-electron chi connectivity index (χ0n) is 11.8. The lowest BCUT2D eigenvalue weighted by Gasteiger charge is -2.07. The molecule has 2 aromatic heterocycles. The zero-order chi connectivity index (χ0) is 14.5. The maximum absolute atomic E-state index is 4.93. The highest BCUT2D eigenvalue weighted by atomic mass is 14.7. The highest BCUT2D eigenvalue weighted by Crippen LogP contribution is 2.30. The second kappa shape index (κ2) is 4.25. The minimum atomic E-state index is 1.04. The van der Waals surface area contributed by atoms with Gasteiger partial charge in [-0.15, -0.1) is 0 Å². The summed E-state index contributed by atoms with van der Waals surface area (Å²) in [5.41, 5.74) is 2.08. The molecule has 0 aliphatic carbocycles. The van der Waals surface area contributed by atoms with Crippen molar-refractivity contribution in [2.24, 2.45) is 0 Å². The van der Waals surface area contributed by atoms with Gasteiger partial charge in [-0.1, -0.05) is 42.5 Å². The van der Waals surface area contributed by atoms with E-state index in [1.165, 1.54) is 21.5 Å². The molecule has 0 amide bonds. The molecule has 0 N–H and O–H groups in total. The fraction of sp³-hybridized carbons (Fsp3) is 0. The summed E-state index contributed by atoms with van der Waals surface area (Å²) >= 11 is 0. The third-order valence-corrected chi connectivity index (χ3v) is 4.30. The first-order valence-electron chi connectivity index (χ1n) is 7.35. The third kappa shape index (κ3) is 1.55. The van der Waals surface area contributed by atoms with Gasteiger partial charge in [-0.2, -0.15) is 0 Å². The minimum absolute atomic E-state index is 1.04. The van der Waals surface area contributed by atoms with Gasteiger partial charge in [0.15, 0.2) is 0 Å². The first-order valence-corrected chi connectivity index (χ1v) is 7.35. The van der Waals surface area contributed by atoms with Crippen molar-refractivity contribution in [3.63, 3.8) is 0 Å². The summed E-state index contributed by atoms with van der Waals surface area (Å²) in [6.45, 7) is 0. The number of pyridine rings is 2. The fourth-order valence-corrected chi connectivity index (χ4v) is 3.22. The fourth-order valence-electron chi connectivity index (χ4n) is 3.22. The predicted molar refractivity (Wildman–Crippen MR) is 92.1 cm³/mol. The van der Waals surface area contributed by atoms with Crippen molar-refractivity contribution >= 4 is 43.4 Å². The van der Waals surface area contributed by atoms with E-state index in [-0.39, 0.29) is 0 Å². The summed E-state index contributed by atoms with van der Waals surface area (Å²) in [4.78, 5) is 9.12. The Bertz CT molecular complexity index is 1080. The SMILES string of the molecule is c1ccc2c(c1)ccc1nc3c(ccc4cnccc43)cc12. The predicted octanol–water partition coefficient (Wildman–Crippen LogP) is 5.09. The molecule has 0 atom stereocenters. The van der Waals surface area contributed by atoms with Crippen molar-refractivity contribution in [1.82, 2.24) is 9.97 Å². The summed E-state index contributed by atoms with van der Waals surface area (Å²) < 4.78 is 0. The molecule has 0 saturated carbocycles. The van der Waals surface area contributed by atoms with Crippen molar-refractivity contribution in [1.29, 1.82) is 0 Å². The molecule has 2 heterocycles. The normalized spacial score (nSPS) is 11.6. The van der Waals surface area contributed by atoms with Crippen molar-refractivity contribution in [3.8, 4) is 0 Å². The Balaban J connectivity index is 2.02. The van der Waals surface area contributed by atoms with Crippen LogP contribution in [0.2, 0.25) is 0 Å². The molecule has 0 radical (unpaired) electrons. The first kappa shape index (κ1) is 11.6. The van der Waals surface area contributed by atoms with Gasteiger partial charge >= 0.3 is 0 Å². The standard InChI is InChI=1S/C20H12N2/c1-2-4-16-13(3-1)7-8-19-18(16)11-14-5-6-15-12-21-10-9-17(15)20(14)22-19/h1-12H. The summed E-state index contributed by atoms with van der Waals surface area (Å²) in [5, 5.41) is 7.16. The molecule has 0 bridgehead atoms. The number of rotatable bonds is 0. The van der Waals surface area contributed by atoms with Crippen LogP contribution in [-0.2, 0) is 0 Å². The van der Waals surface area contributed by atoms with Gasteiger partial charge < -0.3 is 0 Å². The minimum Gasteiger partial charge on any atom is -0.264 e. The molecule has 0 fully saturated rings. The van der Waals surface area contributed by atoms with Crippen LogP contribution >= 0.6 is 0 Å². The van der Waals surface area contributed by atoms with Gasteiger partial charge in [0.25, 0.3) is 0 Å². The van der Waals surface area contributed by atoms with Crippen LogP contribution in [0.25, 0.3) is 43.4 Å². The Morgan fingerprint density at radius 1 is 0.636 bits per heavy atom. The van der Waals surface area contributed by atoms with Gasteiger partial charge in [-0.05, 0) is 29.0 Å². The van der Waals surface area contributed by atoms with E-state index in [9.17, 15) is 0 Å². The zero-order valence-corrected chi connectivity index (χ0v) is 11.8. The van der Waals surface area contributed by atoms with Gasteiger partial charge in [0, 0.05) is 33.9 Å². The van der Waals surface area contributed by atoms with Crippen LogP contribution in [0.5, 0.6) is 0 Å². The molecule has 0 spiro atoms. The van der Waals surface area contributed by atoms with Crippen molar-refractivity contribution < 1.29 is 0 Å². The van der Waals surface area contributed by atoms with Gasteiger partial charge in [-0.25, -0.2) is 4.98 Å². The second-order valence-electron chi connectivity index (χ2n) is 5.58. The molecule has 2 heteroatoms. The highest BCUT2D eigenvalue weighted by molar-refractivity contribution is 6.13. The molecule has 102 valence electrons. The van der Waals surface area contributed by atoms with Gasteiger partial charge in [0.2, 0.25) is 0 Å². The van der Waals surface area contributed by atoms with E-state index in [1.54, 1.807) is 0 Å². The number of fused-ring (bicyclic) bond motifs is 6. The Morgan fingerprint density at radius 3 is 2.50 bits per heavy atom. The molecule has 0 aliphatic heterocycles. The highest BCUT2D eigenvalue weighted by Gasteiger charge is 2.06. The van der Waals surface area contributed by atoms with Gasteiger partial charge in [0.05, 0.1) is 11.0 Å². The first-order chi connectivity index (χ1) is 10.9. The van der Waals surface area contributed by atoms with Crippen LogP contribution in [0.4, 0.5) is 0 Å². The van der Waals surface area contributed by atoms with Crippen molar-refractivity contribution in [3.05, 3.63) is 73.1 Å². The number of benzene rings is 3. The lowest BCUT2D eigenvalue weighted by Crippen LogP contribution is -1.86. The van der Waals surface area contributed by atoms with E-state index >= 15 is 0 Å². The van der Waals surface area contributed by atoms with Gasteiger partial charge in [-0.3, -0.25) is 4.98 Å². The number of hydrogen-bond acceptors (Lipinski definition) is 2. The van der Waals surface area contributed by atoms with E-state index in [1.807, 2.05) is 18.5 Å². The molecule has 5 aromatic rings. The summed E-state index contributed by atoms with van der Waals surface area (Å²) in [7, 11) is 0. The Hall–Kier alpha value is -3.00. The molecule has 22 heavy (non-hydrogen) atoms. The largest absolute Gasteiger partial charge is 0.264 e. The summed E-state index contributed by atoms with van der Waals surface area (Å²) in [6.07, 6.45) is 3.72. The van der Waals surface area contributed by atoms with Crippen molar-refractivity contribution in [2.75, 3.05) is 0 Å². The smallest absolute Gasteiger partial charge is 0.0789 e.